The van der Waals surface area contributed by atoms with Gasteiger partial charge in [0.15, 0.2) is 0 Å². The second kappa shape index (κ2) is 5.32. The van der Waals surface area contributed by atoms with Crippen molar-refractivity contribution in [2.45, 2.75) is 18.8 Å². The van der Waals surface area contributed by atoms with Crippen LogP contribution >= 0.6 is 27.5 Å². The Morgan fingerprint density at radius 3 is 2.74 bits per heavy atom. The molecule has 0 aromatic heterocycles. The summed E-state index contributed by atoms with van der Waals surface area (Å²) in [5.74, 6) is -4.22. The fourth-order valence-corrected chi connectivity index (χ4v) is 2.64. The number of hydrogen-bond acceptors (Lipinski definition) is 1. The van der Waals surface area contributed by atoms with E-state index < -0.39 is 24.2 Å². The minimum absolute atomic E-state index is 0.0280. The van der Waals surface area contributed by atoms with E-state index in [1.807, 2.05) is 0 Å². The highest BCUT2D eigenvalue weighted by Crippen LogP contribution is 2.31. The van der Waals surface area contributed by atoms with E-state index in [0.717, 1.165) is 17.0 Å². The lowest BCUT2D eigenvalue weighted by molar-refractivity contribution is -0.0560. The molecule has 7 heteroatoms. The van der Waals surface area contributed by atoms with Crippen molar-refractivity contribution >= 4 is 33.4 Å². The number of piperidine rings is 1. The molecule has 104 valence electrons. The Bertz CT molecular complexity index is 524. The fraction of sp³-hybridized carbons (Fsp3) is 0.417. The predicted molar refractivity (Wildman–Crippen MR) is 69.2 cm³/mol. The zero-order chi connectivity index (χ0) is 14.2. The van der Waals surface area contributed by atoms with Crippen LogP contribution in [-0.2, 0) is 0 Å². The number of hydrogen-bond donors (Lipinski definition) is 0. The van der Waals surface area contributed by atoms with E-state index in [0.29, 0.717) is 0 Å². The lowest BCUT2D eigenvalue weighted by atomic mass is 10.1. The van der Waals surface area contributed by atoms with Gasteiger partial charge in [-0.15, -0.1) is 0 Å². The van der Waals surface area contributed by atoms with Gasteiger partial charge in [0, 0.05) is 17.4 Å². The van der Waals surface area contributed by atoms with Gasteiger partial charge >= 0.3 is 0 Å². The number of rotatable bonds is 1. The van der Waals surface area contributed by atoms with E-state index in [1.54, 1.807) is 0 Å². The Morgan fingerprint density at radius 2 is 2.11 bits per heavy atom. The quantitative estimate of drug-likeness (QED) is 0.693. The number of carbonyl (C=O) groups excluding carboxylic acids is 1. The van der Waals surface area contributed by atoms with Gasteiger partial charge in [-0.1, -0.05) is 11.6 Å². The number of likely N-dealkylation sites (tertiary alicyclic amines) is 1. The molecule has 0 saturated carbocycles. The molecule has 0 radical (unpaired) electrons. The van der Waals surface area contributed by atoms with E-state index in [2.05, 4.69) is 15.9 Å². The molecule has 0 bridgehead atoms. The molecule has 1 fully saturated rings. The summed E-state index contributed by atoms with van der Waals surface area (Å²) in [4.78, 5) is 13.1. The minimum atomic E-state index is -2.90. The summed E-state index contributed by atoms with van der Waals surface area (Å²) >= 11 is 8.92. The second-order valence-electron chi connectivity index (χ2n) is 4.44. The highest BCUT2D eigenvalue weighted by atomic mass is 79.9. The lowest BCUT2D eigenvalue weighted by Gasteiger charge is -2.32. The average molecular weight is 357 g/mol. The molecule has 1 amide bonds. The summed E-state index contributed by atoms with van der Waals surface area (Å²) in [6.45, 7) is -0.435. The first-order valence-electron chi connectivity index (χ1n) is 5.62. The van der Waals surface area contributed by atoms with Gasteiger partial charge in [0.05, 0.1) is 17.1 Å². The topological polar surface area (TPSA) is 20.3 Å². The zero-order valence-electron chi connectivity index (χ0n) is 9.73. The lowest BCUT2D eigenvalue weighted by Crippen LogP contribution is -2.45. The van der Waals surface area contributed by atoms with Gasteiger partial charge in [0.25, 0.3) is 11.8 Å². The standard InChI is InChI=1S/C12H10BrClF3NO/c13-9-5-7(15)4-8(10(9)14)11(19)18-3-1-2-12(16,17)6-18/h4-5H,1-3,6H2. The summed E-state index contributed by atoms with van der Waals surface area (Å²) in [6.07, 6.45) is -0.0236. The summed E-state index contributed by atoms with van der Waals surface area (Å²) in [6, 6.07) is 2.08. The first-order valence-corrected chi connectivity index (χ1v) is 6.79. The van der Waals surface area contributed by atoms with Gasteiger partial charge in [-0.25, -0.2) is 13.2 Å². The molecule has 1 aromatic rings. The zero-order valence-corrected chi connectivity index (χ0v) is 12.1. The highest BCUT2D eigenvalue weighted by Gasteiger charge is 2.37. The monoisotopic (exact) mass is 355 g/mol. The number of amides is 1. The highest BCUT2D eigenvalue weighted by molar-refractivity contribution is 9.10. The van der Waals surface area contributed by atoms with Crippen molar-refractivity contribution in [1.29, 1.82) is 0 Å². The van der Waals surface area contributed by atoms with Gasteiger partial charge in [0.2, 0.25) is 0 Å². The van der Waals surface area contributed by atoms with Crippen molar-refractivity contribution in [2.24, 2.45) is 0 Å². The molecule has 2 rings (SSSR count). The Labute approximate surface area is 121 Å². The number of nitrogens with zero attached hydrogens (tertiary/aromatic N) is 1. The summed E-state index contributed by atoms with van der Waals surface area (Å²) < 4.78 is 40.1. The molecule has 0 unspecified atom stereocenters. The first-order chi connectivity index (χ1) is 8.80. The molecule has 1 saturated heterocycles. The number of halogens is 5. The van der Waals surface area contributed by atoms with Crippen molar-refractivity contribution in [3.05, 3.63) is 33.0 Å². The second-order valence-corrected chi connectivity index (χ2v) is 5.67. The maximum Gasteiger partial charge on any atom is 0.265 e. The molecular formula is C12H10BrClF3NO. The minimum Gasteiger partial charge on any atom is -0.333 e. The number of alkyl halides is 2. The van der Waals surface area contributed by atoms with Crippen LogP contribution in [0.5, 0.6) is 0 Å². The Balaban J connectivity index is 2.29. The Kier molecular flexibility index (Phi) is 4.11. The third-order valence-corrected chi connectivity index (χ3v) is 4.16. The Morgan fingerprint density at radius 1 is 1.42 bits per heavy atom. The third kappa shape index (κ3) is 3.23. The molecule has 2 nitrogen and oxygen atoms in total. The summed E-state index contributed by atoms with van der Waals surface area (Å²) in [5.41, 5.74) is -0.105. The van der Waals surface area contributed by atoms with Crippen LogP contribution < -0.4 is 0 Å². The average Bonchev–Trinajstić information content (AvgIpc) is 2.31. The van der Waals surface area contributed by atoms with E-state index in [4.69, 9.17) is 11.6 Å². The van der Waals surface area contributed by atoms with Gasteiger partial charge in [0.1, 0.15) is 5.82 Å². The normalized spacial score (nSPS) is 18.5. The Hall–Kier alpha value is -0.750. The summed E-state index contributed by atoms with van der Waals surface area (Å²) in [7, 11) is 0. The van der Waals surface area contributed by atoms with E-state index in [1.165, 1.54) is 0 Å². The fourth-order valence-electron chi connectivity index (χ4n) is 2.02. The van der Waals surface area contributed by atoms with Crippen LogP contribution in [0, 0.1) is 5.82 Å². The maximum absolute atomic E-state index is 13.3. The molecule has 1 aromatic carbocycles. The van der Waals surface area contributed by atoms with Crippen molar-refractivity contribution in [3.63, 3.8) is 0 Å². The smallest absolute Gasteiger partial charge is 0.265 e. The van der Waals surface area contributed by atoms with E-state index in [9.17, 15) is 18.0 Å². The molecule has 19 heavy (non-hydrogen) atoms. The molecule has 0 N–H and O–H groups in total. The molecule has 1 heterocycles. The molecular weight excluding hydrogens is 346 g/mol. The maximum atomic E-state index is 13.3. The largest absolute Gasteiger partial charge is 0.333 e. The molecule has 1 aliphatic heterocycles. The van der Waals surface area contributed by atoms with Gasteiger partial charge in [-0.3, -0.25) is 4.79 Å². The van der Waals surface area contributed by atoms with Crippen molar-refractivity contribution in [3.8, 4) is 0 Å². The van der Waals surface area contributed by atoms with Gasteiger partial charge in [-0.2, -0.15) is 0 Å². The number of carbonyl (C=O) groups is 1. The third-order valence-electron chi connectivity index (χ3n) is 2.90. The first kappa shape index (κ1) is 14.7. The predicted octanol–water partition coefficient (Wildman–Crippen LogP) is 4.11. The van der Waals surface area contributed by atoms with Crippen LogP contribution in [0.1, 0.15) is 23.2 Å². The number of benzene rings is 1. The van der Waals surface area contributed by atoms with E-state index in [-0.39, 0.29) is 34.4 Å². The van der Waals surface area contributed by atoms with Crippen LogP contribution in [0.15, 0.2) is 16.6 Å². The van der Waals surface area contributed by atoms with Crippen LogP contribution in [0.2, 0.25) is 5.02 Å². The van der Waals surface area contributed by atoms with Crippen LogP contribution in [-0.4, -0.2) is 29.8 Å². The van der Waals surface area contributed by atoms with Crippen LogP contribution in [0.25, 0.3) is 0 Å². The molecule has 0 aliphatic carbocycles. The van der Waals surface area contributed by atoms with Crippen molar-refractivity contribution in [2.75, 3.05) is 13.1 Å². The molecule has 1 aliphatic rings. The van der Waals surface area contributed by atoms with Crippen LogP contribution in [0.3, 0.4) is 0 Å². The molecule has 0 atom stereocenters. The summed E-state index contributed by atoms with van der Waals surface area (Å²) in [5, 5.41) is 0.0280. The molecule has 0 spiro atoms. The van der Waals surface area contributed by atoms with Crippen molar-refractivity contribution in [1.82, 2.24) is 4.90 Å². The van der Waals surface area contributed by atoms with Gasteiger partial charge in [-0.05, 0) is 34.5 Å². The van der Waals surface area contributed by atoms with Crippen LogP contribution in [0.4, 0.5) is 13.2 Å². The van der Waals surface area contributed by atoms with Crippen molar-refractivity contribution < 1.29 is 18.0 Å². The SMILES string of the molecule is O=C(c1cc(F)cc(Br)c1Cl)N1CCCC(F)(F)C1. The van der Waals surface area contributed by atoms with Gasteiger partial charge < -0.3 is 4.90 Å². The van der Waals surface area contributed by atoms with E-state index >= 15 is 0 Å².